The molecule has 1 amide bonds. The maximum Gasteiger partial charge on any atom is 0.255 e. The van der Waals surface area contributed by atoms with Crippen LogP contribution in [0.4, 0.5) is 5.69 Å². The van der Waals surface area contributed by atoms with E-state index in [0.29, 0.717) is 10.6 Å². The van der Waals surface area contributed by atoms with Crippen LogP contribution in [-0.2, 0) is 6.54 Å². The molecule has 5 heteroatoms. The van der Waals surface area contributed by atoms with Gasteiger partial charge >= 0.3 is 0 Å². The predicted octanol–water partition coefficient (Wildman–Crippen LogP) is 3.65. The molecular formula is C20H24ClN3O. The molecule has 1 fully saturated rings. The van der Waals surface area contributed by atoms with Crippen molar-refractivity contribution in [2.24, 2.45) is 0 Å². The molecule has 0 saturated carbocycles. The van der Waals surface area contributed by atoms with Gasteiger partial charge in [0.05, 0.1) is 0 Å². The molecule has 0 atom stereocenters. The van der Waals surface area contributed by atoms with Gasteiger partial charge < -0.3 is 10.2 Å². The minimum absolute atomic E-state index is 0.104. The Hall–Kier alpha value is -1.88. The summed E-state index contributed by atoms with van der Waals surface area (Å²) in [5.41, 5.74) is 3.61. The number of benzene rings is 2. The molecule has 0 unspecified atom stereocenters. The van der Waals surface area contributed by atoms with Crippen LogP contribution in [0.1, 0.15) is 21.5 Å². The van der Waals surface area contributed by atoms with E-state index < -0.39 is 0 Å². The maximum absolute atomic E-state index is 12.4. The SMILES string of the molecule is Cc1cc(NC(=O)c2ccc(CN3CCN(C)CC3)cc2)ccc1Cl. The second kappa shape index (κ2) is 8.00. The Balaban J connectivity index is 1.59. The summed E-state index contributed by atoms with van der Waals surface area (Å²) in [6.07, 6.45) is 0. The Labute approximate surface area is 154 Å². The minimum atomic E-state index is -0.104. The molecule has 0 bridgehead atoms. The third kappa shape index (κ3) is 4.82. The first-order chi connectivity index (χ1) is 12.0. The van der Waals surface area contributed by atoms with E-state index in [1.54, 1.807) is 6.07 Å². The molecule has 3 rings (SSSR count). The van der Waals surface area contributed by atoms with Crippen molar-refractivity contribution in [3.05, 3.63) is 64.2 Å². The normalized spacial score (nSPS) is 16.0. The second-order valence-electron chi connectivity index (χ2n) is 6.69. The molecule has 1 aliphatic heterocycles. The molecule has 2 aromatic carbocycles. The number of halogens is 1. The molecule has 1 N–H and O–H groups in total. The van der Waals surface area contributed by atoms with E-state index in [1.807, 2.05) is 43.3 Å². The van der Waals surface area contributed by atoms with Gasteiger partial charge in [0.25, 0.3) is 5.91 Å². The van der Waals surface area contributed by atoms with Gasteiger partial charge in [-0.3, -0.25) is 9.69 Å². The van der Waals surface area contributed by atoms with Crippen LogP contribution < -0.4 is 5.32 Å². The van der Waals surface area contributed by atoms with Crippen molar-refractivity contribution >= 4 is 23.2 Å². The number of hydrogen-bond donors (Lipinski definition) is 1. The average molecular weight is 358 g/mol. The van der Waals surface area contributed by atoms with E-state index in [-0.39, 0.29) is 5.91 Å². The van der Waals surface area contributed by atoms with Gasteiger partial charge in [-0.2, -0.15) is 0 Å². The number of amides is 1. The molecule has 1 aliphatic rings. The summed E-state index contributed by atoms with van der Waals surface area (Å²) in [6, 6.07) is 13.4. The lowest BCUT2D eigenvalue weighted by Crippen LogP contribution is -2.43. The number of hydrogen-bond acceptors (Lipinski definition) is 3. The van der Waals surface area contributed by atoms with Crippen LogP contribution in [0.15, 0.2) is 42.5 Å². The van der Waals surface area contributed by atoms with Gasteiger partial charge in [0.15, 0.2) is 0 Å². The third-order valence-electron chi connectivity index (χ3n) is 4.63. The third-order valence-corrected chi connectivity index (χ3v) is 5.06. The zero-order chi connectivity index (χ0) is 17.8. The van der Waals surface area contributed by atoms with Crippen molar-refractivity contribution < 1.29 is 4.79 Å². The molecule has 25 heavy (non-hydrogen) atoms. The van der Waals surface area contributed by atoms with Crippen LogP contribution in [-0.4, -0.2) is 48.9 Å². The van der Waals surface area contributed by atoms with Crippen molar-refractivity contribution in [1.82, 2.24) is 9.80 Å². The van der Waals surface area contributed by atoms with E-state index in [0.717, 1.165) is 44.0 Å². The lowest BCUT2D eigenvalue weighted by atomic mass is 10.1. The molecule has 0 aliphatic carbocycles. The van der Waals surface area contributed by atoms with Gasteiger partial charge in [-0.25, -0.2) is 0 Å². The van der Waals surface area contributed by atoms with E-state index in [1.165, 1.54) is 5.56 Å². The highest BCUT2D eigenvalue weighted by Crippen LogP contribution is 2.20. The maximum atomic E-state index is 12.4. The Morgan fingerprint density at radius 1 is 1.08 bits per heavy atom. The number of carbonyl (C=O) groups excluding carboxylic acids is 1. The van der Waals surface area contributed by atoms with Gasteiger partial charge in [0.2, 0.25) is 0 Å². The highest BCUT2D eigenvalue weighted by molar-refractivity contribution is 6.31. The molecule has 1 heterocycles. The van der Waals surface area contributed by atoms with Crippen LogP contribution in [0.25, 0.3) is 0 Å². The summed E-state index contributed by atoms with van der Waals surface area (Å²) < 4.78 is 0. The van der Waals surface area contributed by atoms with Crippen LogP contribution >= 0.6 is 11.6 Å². The summed E-state index contributed by atoms with van der Waals surface area (Å²) in [5.74, 6) is -0.104. The van der Waals surface area contributed by atoms with Crippen molar-refractivity contribution in [1.29, 1.82) is 0 Å². The Bertz CT molecular complexity index is 737. The second-order valence-corrected chi connectivity index (χ2v) is 7.10. The quantitative estimate of drug-likeness (QED) is 0.907. The smallest absolute Gasteiger partial charge is 0.255 e. The summed E-state index contributed by atoms with van der Waals surface area (Å²) in [4.78, 5) is 17.2. The number of carbonyl (C=O) groups is 1. The number of nitrogens with zero attached hydrogens (tertiary/aromatic N) is 2. The van der Waals surface area contributed by atoms with Crippen molar-refractivity contribution in [2.45, 2.75) is 13.5 Å². The first-order valence-corrected chi connectivity index (χ1v) is 8.96. The van der Waals surface area contributed by atoms with Crippen molar-refractivity contribution in [3.63, 3.8) is 0 Å². The zero-order valence-corrected chi connectivity index (χ0v) is 15.5. The lowest BCUT2D eigenvalue weighted by molar-refractivity contribution is 0.102. The highest BCUT2D eigenvalue weighted by Gasteiger charge is 2.14. The minimum Gasteiger partial charge on any atom is -0.322 e. The first-order valence-electron chi connectivity index (χ1n) is 8.58. The molecular weight excluding hydrogens is 334 g/mol. The van der Waals surface area contributed by atoms with E-state index in [9.17, 15) is 4.79 Å². The van der Waals surface area contributed by atoms with Crippen LogP contribution in [0, 0.1) is 6.92 Å². The van der Waals surface area contributed by atoms with E-state index >= 15 is 0 Å². The standard InChI is InChI=1S/C20H24ClN3O/c1-15-13-18(7-8-19(15)21)22-20(25)17-5-3-16(4-6-17)14-24-11-9-23(2)10-12-24/h3-8,13H,9-12,14H2,1-2H3,(H,22,25). The number of rotatable bonds is 4. The molecule has 4 nitrogen and oxygen atoms in total. The number of nitrogens with one attached hydrogen (secondary N) is 1. The number of piperazine rings is 1. The highest BCUT2D eigenvalue weighted by atomic mass is 35.5. The fourth-order valence-electron chi connectivity index (χ4n) is 2.95. The van der Waals surface area contributed by atoms with Crippen LogP contribution in [0.3, 0.4) is 0 Å². The fourth-order valence-corrected chi connectivity index (χ4v) is 3.07. The van der Waals surface area contributed by atoms with Gasteiger partial charge in [-0.15, -0.1) is 0 Å². The summed E-state index contributed by atoms with van der Waals surface area (Å²) in [7, 11) is 2.16. The molecule has 1 saturated heterocycles. The fraction of sp³-hybridized carbons (Fsp3) is 0.350. The Morgan fingerprint density at radius 2 is 1.76 bits per heavy atom. The van der Waals surface area contributed by atoms with Crippen molar-refractivity contribution in [3.8, 4) is 0 Å². The molecule has 0 radical (unpaired) electrons. The first kappa shape index (κ1) is 17.9. The lowest BCUT2D eigenvalue weighted by Gasteiger charge is -2.32. The van der Waals surface area contributed by atoms with Gasteiger partial charge in [-0.05, 0) is 55.4 Å². The average Bonchev–Trinajstić information content (AvgIpc) is 2.61. The number of aryl methyl sites for hydroxylation is 1. The van der Waals surface area contributed by atoms with Gasteiger partial charge in [-0.1, -0.05) is 23.7 Å². The predicted molar refractivity (Wildman–Crippen MR) is 103 cm³/mol. The molecule has 132 valence electrons. The summed E-state index contributed by atoms with van der Waals surface area (Å²) in [5, 5.41) is 3.62. The summed E-state index contributed by atoms with van der Waals surface area (Å²) >= 11 is 6.02. The van der Waals surface area contributed by atoms with Crippen LogP contribution in [0.5, 0.6) is 0 Å². The number of likely N-dealkylation sites (N-methyl/N-ethyl adjacent to an activating group) is 1. The van der Waals surface area contributed by atoms with E-state index in [4.69, 9.17) is 11.6 Å². The molecule has 0 spiro atoms. The monoisotopic (exact) mass is 357 g/mol. The van der Waals surface area contributed by atoms with Crippen molar-refractivity contribution in [2.75, 3.05) is 38.5 Å². The van der Waals surface area contributed by atoms with Gasteiger partial charge in [0.1, 0.15) is 0 Å². The van der Waals surface area contributed by atoms with E-state index in [2.05, 4.69) is 22.2 Å². The molecule has 0 aromatic heterocycles. The Kier molecular flexibility index (Phi) is 5.74. The topological polar surface area (TPSA) is 35.6 Å². The summed E-state index contributed by atoms with van der Waals surface area (Å²) in [6.45, 7) is 7.27. The van der Waals surface area contributed by atoms with Crippen LogP contribution in [0.2, 0.25) is 5.02 Å². The molecule has 2 aromatic rings. The number of anilines is 1. The Morgan fingerprint density at radius 3 is 2.40 bits per heavy atom. The zero-order valence-electron chi connectivity index (χ0n) is 14.8. The largest absolute Gasteiger partial charge is 0.322 e. The van der Waals surface area contributed by atoms with Gasteiger partial charge in [0, 0.05) is 49.0 Å².